The van der Waals surface area contributed by atoms with Gasteiger partial charge in [-0.25, -0.2) is 14.4 Å². The summed E-state index contributed by atoms with van der Waals surface area (Å²) in [7, 11) is 0. The van der Waals surface area contributed by atoms with Gasteiger partial charge in [0.15, 0.2) is 5.75 Å². The summed E-state index contributed by atoms with van der Waals surface area (Å²) < 4.78 is 9.87. The van der Waals surface area contributed by atoms with E-state index in [0.717, 1.165) is 18.9 Å². The number of carboxylic acid groups (broad SMARTS) is 1. The second kappa shape index (κ2) is 10.7. The number of carbonyl (C=O) groups excluding carboxylic acids is 2. The highest BCUT2D eigenvalue weighted by atomic mass is 35.5. The van der Waals surface area contributed by atoms with Crippen LogP contribution in [0, 0.1) is 11.8 Å². The van der Waals surface area contributed by atoms with Gasteiger partial charge in [-0.3, -0.25) is 0 Å². The lowest BCUT2D eigenvalue weighted by atomic mass is 9.89. The fraction of sp³-hybridized carbons (Fsp3) is 0.500. The van der Waals surface area contributed by atoms with Crippen molar-refractivity contribution in [2.45, 2.75) is 40.0 Å². The van der Waals surface area contributed by atoms with Crippen molar-refractivity contribution in [2.75, 3.05) is 6.61 Å². The molecule has 0 aliphatic rings. The van der Waals surface area contributed by atoms with Crippen molar-refractivity contribution in [2.24, 2.45) is 11.8 Å². The number of benzene rings is 1. The van der Waals surface area contributed by atoms with Crippen molar-refractivity contribution < 1.29 is 29.0 Å². The van der Waals surface area contributed by atoms with E-state index < -0.39 is 23.7 Å². The van der Waals surface area contributed by atoms with Gasteiger partial charge in [-0.05, 0) is 30.7 Å². The van der Waals surface area contributed by atoms with Gasteiger partial charge in [-0.15, -0.1) is 0 Å². The quantitative estimate of drug-likeness (QED) is 0.195. The summed E-state index contributed by atoms with van der Waals surface area (Å²) in [5.41, 5.74) is -0.389. The first-order valence-electron chi connectivity index (χ1n) is 8.39. The molecule has 1 N–H and O–H groups in total. The van der Waals surface area contributed by atoms with E-state index >= 15 is 0 Å². The monoisotopic (exact) mass is 438 g/mol. The molecule has 1 aromatic rings. The second-order valence-electron chi connectivity index (χ2n) is 6.24. The third-order valence-electron chi connectivity index (χ3n) is 4.12. The van der Waals surface area contributed by atoms with Crippen molar-refractivity contribution >= 4 is 52.7 Å². The average molecular weight is 440 g/mol. The molecule has 9 heteroatoms. The first kappa shape index (κ1) is 23.5. The number of ether oxygens (including phenoxy) is 2. The Bertz CT molecular complexity index is 718. The van der Waals surface area contributed by atoms with Crippen LogP contribution in [0.2, 0.25) is 15.1 Å². The topological polar surface area (TPSA) is 89.9 Å². The summed E-state index contributed by atoms with van der Waals surface area (Å²) in [5.74, 6) is -3.84. The van der Waals surface area contributed by atoms with E-state index in [4.69, 9.17) is 44.6 Å². The van der Waals surface area contributed by atoms with E-state index in [1.54, 1.807) is 0 Å². The zero-order valence-corrected chi connectivity index (χ0v) is 17.5. The standard InChI is InChI=1S/C18H21Cl3O6/c1-4-10(9(2)3)6-5-7-26-17(24)13-14(21)11(19)8-12(20)15(13)27-18(25)16(22)23/h8-10H,4-7H2,1-3H3,(H,22,23). The zero-order chi connectivity index (χ0) is 20.7. The van der Waals surface area contributed by atoms with E-state index in [1.807, 2.05) is 0 Å². The van der Waals surface area contributed by atoms with Gasteiger partial charge < -0.3 is 14.6 Å². The Morgan fingerprint density at radius 1 is 1.15 bits per heavy atom. The van der Waals surface area contributed by atoms with Crippen molar-refractivity contribution in [3.8, 4) is 5.75 Å². The summed E-state index contributed by atoms with van der Waals surface area (Å²) in [6.07, 6.45) is 2.54. The summed E-state index contributed by atoms with van der Waals surface area (Å²) >= 11 is 17.9. The smallest absolute Gasteiger partial charge is 0.422 e. The second-order valence-corrected chi connectivity index (χ2v) is 7.44. The van der Waals surface area contributed by atoms with Crippen LogP contribution in [0.4, 0.5) is 0 Å². The molecule has 0 aliphatic carbocycles. The van der Waals surface area contributed by atoms with Crippen LogP contribution in [0.25, 0.3) is 0 Å². The van der Waals surface area contributed by atoms with Crippen molar-refractivity contribution in [1.29, 1.82) is 0 Å². The van der Waals surface area contributed by atoms with E-state index in [-0.39, 0.29) is 27.2 Å². The van der Waals surface area contributed by atoms with Gasteiger partial charge in [0.25, 0.3) is 0 Å². The lowest BCUT2D eigenvalue weighted by Gasteiger charge is -2.18. The molecular weight excluding hydrogens is 419 g/mol. The molecule has 1 aromatic carbocycles. The Hall–Kier alpha value is -1.50. The van der Waals surface area contributed by atoms with E-state index in [1.165, 1.54) is 0 Å². The highest BCUT2D eigenvalue weighted by molar-refractivity contribution is 6.46. The summed E-state index contributed by atoms with van der Waals surface area (Å²) in [5, 5.41) is 8.15. The first-order valence-corrected chi connectivity index (χ1v) is 9.53. The molecule has 0 fully saturated rings. The third-order valence-corrected chi connectivity index (χ3v) is 5.19. The highest BCUT2D eigenvalue weighted by Gasteiger charge is 2.27. The maximum atomic E-state index is 12.4. The van der Waals surface area contributed by atoms with Crippen molar-refractivity contribution in [1.82, 2.24) is 0 Å². The minimum absolute atomic E-state index is 0.0606. The van der Waals surface area contributed by atoms with E-state index in [0.29, 0.717) is 18.3 Å². The van der Waals surface area contributed by atoms with Gasteiger partial charge >= 0.3 is 17.9 Å². The van der Waals surface area contributed by atoms with E-state index in [2.05, 4.69) is 25.5 Å². The van der Waals surface area contributed by atoms with Crippen LogP contribution in [0.15, 0.2) is 6.07 Å². The molecule has 0 aromatic heterocycles. The van der Waals surface area contributed by atoms with Gasteiger partial charge in [0.05, 0.1) is 21.7 Å². The molecule has 1 unspecified atom stereocenters. The highest BCUT2D eigenvalue weighted by Crippen LogP contribution is 2.39. The van der Waals surface area contributed by atoms with Crippen LogP contribution >= 0.6 is 34.8 Å². The Kier molecular flexibility index (Phi) is 9.36. The molecule has 0 heterocycles. The minimum Gasteiger partial charge on any atom is -0.473 e. The van der Waals surface area contributed by atoms with Crippen LogP contribution in [0.1, 0.15) is 50.4 Å². The van der Waals surface area contributed by atoms with Gasteiger partial charge in [-0.1, -0.05) is 62.0 Å². The first-order chi connectivity index (χ1) is 12.6. The number of esters is 2. The molecular formula is C18H21Cl3O6. The van der Waals surface area contributed by atoms with Gasteiger partial charge in [-0.2, -0.15) is 0 Å². The molecule has 6 nitrogen and oxygen atoms in total. The molecule has 0 radical (unpaired) electrons. The zero-order valence-electron chi connectivity index (χ0n) is 15.2. The molecule has 0 spiro atoms. The Morgan fingerprint density at radius 3 is 2.30 bits per heavy atom. The van der Waals surface area contributed by atoms with E-state index in [9.17, 15) is 14.4 Å². The molecule has 1 rings (SSSR count). The normalized spacial score (nSPS) is 12.0. The molecule has 0 bridgehead atoms. The Balaban J connectivity index is 2.94. The fourth-order valence-corrected chi connectivity index (χ4v) is 3.31. The van der Waals surface area contributed by atoms with Gasteiger partial charge in [0.1, 0.15) is 5.56 Å². The predicted molar refractivity (Wildman–Crippen MR) is 103 cm³/mol. The molecule has 0 saturated heterocycles. The number of hydrogen-bond donors (Lipinski definition) is 1. The Labute approximate surface area is 172 Å². The summed E-state index contributed by atoms with van der Waals surface area (Å²) in [6, 6.07) is 1.14. The number of halogens is 3. The average Bonchev–Trinajstić information content (AvgIpc) is 2.59. The number of hydrogen-bond acceptors (Lipinski definition) is 5. The molecule has 150 valence electrons. The maximum Gasteiger partial charge on any atom is 0.422 e. The fourth-order valence-electron chi connectivity index (χ4n) is 2.59. The molecule has 0 aliphatic heterocycles. The number of aliphatic carboxylic acids is 1. The minimum atomic E-state index is -1.85. The Morgan fingerprint density at radius 2 is 1.78 bits per heavy atom. The predicted octanol–water partition coefficient (Wildman–Crippen LogP) is 5.26. The van der Waals surface area contributed by atoms with Crippen LogP contribution in [0.3, 0.4) is 0 Å². The van der Waals surface area contributed by atoms with Crippen molar-refractivity contribution in [3.63, 3.8) is 0 Å². The number of rotatable bonds is 8. The number of carboxylic acids is 1. The van der Waals surface area contributed by atoms with Crippen LogP contribution in [-0.4, -0.2) is 29.6 Å². The molecule has 0 amide bonds. The van der Waals surface area contributed by atoms with Gasteiger partial charge in [0, 0.05) is 0 Å². The molecule has 0 saturated carbocycles. The SMILES string of the molecule is CCC(CCCOC(=O)c1c(Cl)c(Cl)cc(Cl)c1OC(=O)C(=O)O)C(C)C. The largest absolute Gasteiger partial charge is 0.473 e. The summed E-state index contributed by atoms with van der Waals surface area (Å²) in [4.78, 5) is 34.5. The molecule has 1 atom stereocenters. The van der Waals surface area contributed by atoms with Crippen LogP contribution < -0.4 is 4.74 Å². The van der Waals surface area contributed by atoms with Gasteiger partial charge in [0.2, 0.25) is 0 Å². The maximum absolute atomic E-state index is 12.4. The lowest BCUT2D eigenvalue weighted by molar-refractivity contribution is -0.158. The van der Waals surface area contributed by atoms with Crippen LogP contribution in [0.5, 0.6) is 5.75 Å². The van der Waals surface area contributed by atoms with Crippen molar-refractivity contribution in [3.05, 3.63) is 26.7 Å². The number of carbonyl (C=O) groups is 3. The van der Waals surface area contributed by atoms with Crippen LogP contribution in [-0.2, 0) is 14.3 Å². The third kappa shape index (κ3) is 6.55. The molecule has 27 heavy (non-hydrogen) atoms. The lowest BCUT2D eigenvalue weighted by Crippen LogP contribution is -2.21. The summed E-state index contributed by atoms with van der Waals surface area (Å²) in [6.45, 7) is 6.50.